The Morgan fingerprint density at radius 1 is 1.50 bits per heavy atom. The molecule has 0 aliphatic heterocycles. The largest absolute Gasteiger partial charge is 0.372 e. The fraction of sp³-hybridized carbons (Fsp3) is 0.643. The van der Waals surface area contributed by atoms with Crippen LogP contribution in [0.2, 0.25) is 0 Å². The van der Waals surface area contributed by atoms with E-state index < -0.39 is 0 Å². The van der Waals surface area contributed by atoms with Crippen LogP contribution in [-0.2, 0) is 6.54 Å². The molecule has 3 nitrogen and oxygen atoms in total. The fourth-order valence-electron chi connectivity index (χ4n) is 1.88. The van der Waals surface area contributed by atoms with E-state index in [2.05, 4.69) is 48.4 Å². The first-order valence-corrected chi connectivity index (χ1v) is 7.95. The minimum atomic E-state index is 0.556. The summed E-state index contributed by atoms with van der Waals surface area (Å²) in [5.41, 5.74) is 2.57. The molecule has 0 aromatic carbocycles. The summed E-state index contributed by atoms with van der Waals surface area (Å²) in [6.45, 7) is 6.29. The molecule has 0 spiro atoms. The van der Waals surface area contributed by atoms with Gasteiger partial charge in [0.15, 0.2) is 0 Å². The second kappa shape index (κ2) is 8.38. The second-order valence-electron chi connectivity index (χ2n) is 4.53. The molecule has 1 rings (SSSR count). The van der Waals surface area contributed by atoms with Gasteiger partial charge in [-0.2, -0.15) is 11.8 Å². The van der Waals surface area contributed by atoms with Gasteiger partial charge in [0.1, 0.15) is 0 Å². The minimum absolute atomic E-state index is 0.556. The monoisotopic (exact) mass is 267 g/mol. The number of anilines is 1. The molecule has 102 valence electrons. The molecule has 0 amide bonds. The van der Waals surface area contributed by atoms with Gasteiger partial charge in [0, 0.05) is 43.3 Å². The van der Waals surface area contributed by atoms with Crippen molar-refractivity contribution in [2.75, 3.05) is 30.5 Å². The molecular weight excluding hydrogens is 242 g/mol. The number of thioether (sulfide) groups is 1. The zero-order valence-electron chi connectivity index (χ0n) is 11.9. The summed E-state index contributed by atoms with van der Waals surface area (Å²) in [7, 11) is 2.18. The van der Waals surface area contributed by atoms with Crippen molar-refractivity contribution < 1.29 is 0 Å². The maximum atomic E-state index is 4.23. The van der Waals surface area contributed by atoms with Gasteiger partial charge in [-0.15, -0.1) is 0 Å². The van der Waals surface area contributed by atoms with E-state index in [4.69, 9.17) is 0 Å². The summed E-state index contributed by atoms with van der Waals surface area (Å²) in [4.78, 5) is 6.60. The molecule has 0 saturated carbocycles. The van der Waals surface area contributed by atoms with Crippen LogP contribution in [0.15, 0.2) is 18.5 Å². The summed E-state index contributed by atoms with van der Waals surface area (Å²) in [6.07, 6.45) is 7.22. The topological polar surface area (TPSA) is 28.2 Å². The van der Waals surface area contributed by atoms with Crippen LogP contribution in [0.1, 0.15) is 25.8 Å². The second-order valence-corrected chi connectivity index (χ2v) is 5.51. The number of aromatic nitrogens is 1. The molecule has 0 fully saturated rings. The quantitative estimate of drug-likeness (QED) is 0.784. The number of hydrogen-bond acceptors (Lipinski definition) is 4. The Kier molecular flexibility index (Phi) is 7.13. The van der Waals surface area contributed by atoms with Crippen molar-refractivity contribution in [3.8, 4) is 0 Å². The number of rotatable bonds is 8. The van der Waals surface area contributed by atoms with Crippen LogP contribution < -0.4 is 10.2 Å². The van der Waals surface area contributed by atoms with Crippen molar-refractivity contribution in [2.45, 2.75) is 32.9 Å². The average molecular weight is 267 g/mol. The Labute approximate surface area is 115 Å². The molecule has 4 heteroatoms. The summed E-state index contributed by atoms with van der Waals surface area (Å²) in [5.74, 6) is 1.21. The molecule has 18 heavy (non-hydrogen) atoms. The third kappa shape index (κ3) is 4.50. The first kappa shape index (κ1) is 15.3. The van der Waals surface area contributed by atoms with Crippen molar-refractivity contribution in [1.82, 2.24) is 10.3 Å². The van der Waals surface area contributed by atoms with Crippen molar-refractivity contribution in [1.29, 1.82) is 0 Å². The number of nitrogens with one attached hydrogen (secondary N) is 1. The van der Waals surface area contributed by atoms with Gasteiger partial charge in [0.2, 0.25) is 0 Å². The third-order valence-electron chi connectivity index (χ3n) is 3.22. The van der Waals surface area contributed by atoms with Gasteiger partial charge in [-0.1, -0.05) is 6.92 Å². The summed E-state index contributed by atoms with van der Waals surface area (Å²) in [6, 6.07) is 2.67. The molecule has 0 saturated heterocycles. The van der Waals surface area contributed by atoms with Crippen molar-refractivity contribution in [3.63, 3.8) is 0 Å². The molecule has 1 unspecified atom stereocenters. The molecule has 0 aliphatic carbocycles. The van der Waals surface area contributed by atoms with Crippen LogP contribution in [0.4, 0.5) is 5.69 Å². The molecule has 0 bridgehead atoms. The van der Waals surface area contributed by atoms with E-state index in [1.807, 2.05) is 24.2 Å². The fourth-order valence-corrected chi connectivity index (χ4v) is 2.46. The first-order valence-electron chi connectivity index (χ1n) is 6.56. The lowest BCUT2D eigenvalue weighted by Gasteiger charge is -2.28. The molecule has 0 aliphatic rings. The van der Waals surface area contributed by atoms with Gasteiger partial charge in [-0.05, 0) is 38.0 Å². The van der Waals surface area contributed by atoms with E-state index in [0.717, 1.165) is 13.1 Å². The van der Waals surface area contributed by atoms with Crippen LogP contribution in [0.5, 0.6) is 0 Å². The standard InChI is InChI=1S/C14H25N3S/c1-5-15-10-13-11-16-8-6-14(13)17(3)12(2)7-9-18-4/h6,8,11-12,15H,5,7,9-10H2,1-4H3. The zero-order chi connectivity index (χ0) is 13.4. The van der Waals surface area contributed by atoms with Gasteiger partial charge in [0.05, 0.1) is 0 Å². The summed E-state index contributed by atoms with van der Waals surface area (Å²) in [5, 5.41) is 3.37. The van der Waals surface area contributed by atoms with Gasteiger partial charge in [-0.25, -0.2) is 0 Å². The van der Waals surface area contributed by atoms with Crippen LogP contribution in [0.3, 0.4) is 0 Å². The molecule has 1 N–H and O–H groups in total. The zero-order valence-corrected chi connectivity index (χ0v) is 12.8. The highest BCUT2D eigenvalue weighted by Crippen LogP contribution is 2.21. The molecule has 1 aromatic heterocycles. The van der Waals surface area contributed by atoms with E-state index in [1.165, 1.54) is 23.4 Å². The Bertz CT molecular complexity index is 344. The summed E-state index contributed by atoms with van der Waals surface area (Å²) >= 11 is 1.91. The SMILES string of the molecule is CCNCc1cnccc1N(C)C(C)CCSC. The number of hydrogen-bond donors (Lipinski definition) is 1. The number of nitrogens with zero attached hydrogens (tertiary/aromatic N) is 2. The van der Waals surface area contributed by atoms with E-state index in [1.54, 1.807) is 0 Å². The van der Waals surface area contributed by atoms with Crippen LogP contribution in [0, 0.1) is 0 Å². The van der Waals surface area contributed by atoms with E-state index in [9.17, 15) is 0 Å². The number of pyridine rings is 1. The lowest BCUT2D eigenvalue weighted by Crippen LogP contribution is -2.30. The van der Waals surface area contributed by atoms with Crippen LogP contribution in [0.25, 0.3) is 0 Å². The van der Waals surface area contributed by atoms with Crippen LogP contribution in [-0.4, -0.2) is 36.6 Å². The molecule has 1 atom stereocenters. The Hall–Kier alpha value is -0.740. The smallest absolute Gasteiger partial charge is 0.0442 e. The van der Waals surface area contributed by atoms with Crippen LogP contribution >= 0.6 is 11.8 Å². The normalized spacial score (nSPS) is 12.4. The predicted octanol–water partition coefficient (Wildman–Crippen LogP) is 2.77. The minimum Gasteiger partial charge on any atom is -0.372 e. The predicted molar refractivity (Wildman–Crippen MR) is 82.5 cm³/mol. The molecular formula is C14H25N3S. The Morgan fingerprint density at radius 2 is 2.28 bits per heavy atom. The van der Waals surface area contributed by atoms with Gasteiger partial charge >= 0.3 is 0 Å². The highest BCUT2D eigenvalue weighted by molar-refractivity contribution is 7.98. The lowest BCUT2D eigenvalue weighted by atomic mass is 10.1. The van der Waals surface area contributed by atoms with E-state index in [0.29, 0.717) is 6.04 Å². The van der Waals surface area contributed by atoms with Gasteiger partial charge in [0.25, 0.3) is 0 Å². The van der Waals surface area contributed by atoms with E-state index >= 15 is 0 Å². The van der Waals surface area contributed by atoms with E-state index in [-0.39, 0.29) is 0 Å². The van der Waals surface area contributed by atoms with Crippen molar-refractivity contribution in [3.05, 3.63) is 24.0 Å². The Balaban J connectivity index is 2.73. The highest BCUT2D eigenvalue weighted by atomic mass is 32.2. The maximum absolute atomic E-state index is 4.23. The third-order valence-corrected chi connectivity index (χ3v) is 3.87. The molecule has 1 aromatic rings. The first-order chi connectivity index (χ1) is 8.70. The average Bonchev–Trinajstić information content (AvgIpc) is 2.42. The molecule has 1 heterocycles. The van der Waals surface area contributed by atoms with Crippen molar-refractivity contribution in [2.24, 2.45) is 0 Å². The highest BCUT2D eigenvalue weighted by Gasteiger charge is 2.12. The Morgan fingerprint density at radius 3 is 2.94 bits per heavy atom. The molecule has 0 radical (unpaired) electrons. The van der Waals surface area contributed by atoms with Gasteiger partial charge < -0.3 is 10.2 Å². The lowest BCUT2D eigenvalue weighted by molar-refractivity contribution is 0.658. The van der Waals surface area contributed by atoms with Crippen molar-refractivity contribution >= 4 is 17.4 Å². The summed E-state index contributed by atoms with van der Waals surface area (Å²) < 4.78 is 0. The maximum Gasteiger partial charge on any atom is 0.0442 e. The van der Waals surface area contributed by atoms with Gasteiger partial charge in [-0.3, -0.25) is 4.98 Å².